The summed E-state index contributed by atoms with van der Waals surface area (Å²) >= 11 is 0. The fraction of sp³-hybridized carbons (Fsp3) is 0.320. The summed E-state index contributed by atoms with van der Waals surface area (Å²) in [7, 11) is 0. The molecule has 188 valence electrons. The van der Waals surface area contributed by atoms with Crippen molar-refractivity contribution in [3.63, 3.8) is 0 Å². The lowest BCUT2D eigenvalue weighted by atomic mass is 10.0. The zero-order valence-corrected chi connectivity index (χ0v) is 19.8. The number of nitrogens with zero attached hydrogens (tertiary/aromatic N) is 2. The van der Waals surface area contributed by atoms with E-state index in [0.717, 1.165) is 24.1 Å². The van der Waals surface area contributed by atoms with Gasteiger partial charge in [-0.05, 0) is 37.6 Å². The molecule has 0 aliphatic heterocycles. The Balaban J connectivity index is 0.00000146. The predicted molar refractivity (Wildman–Crippen MR) is 122 cm³/mol. The molecule has 0 heterocycles. The lowest BCUT2D eigenvalue weighted by Gasteiger charge is -2.27. The van der Waals surface area contributed by atoms with Crippen LogP contribution in [0.2, 0.25) is 0 Å². The van der Waals surface area contributed by atoms with Crippen LogP contribution in [0.3, 0.4) is 0 Å². The first kappa shape index (κ1) is 31.1. The topological polar surface area (TPSA) is 85.9 Å². The molecule has 1 N–H and O–H groups in total. The van der Waals surface area contributed by atoms with Crippen molar-refractivity contribution in [1.82, 2.24) is 5.32 Å². The number of alkyl halides is 5. The maximum absolute atomic E-state index is 13.9. The summed E-state index contributed by atoms with van der Waals surface area (Å²) in [6, 6.07) is 15.3. The Morgan fingerprint density at radius 3 is 1.94 bits per heavy atom. The molecule has 1 atom stereocenters. The van der Waals surface area contributed by atoms with Gasteiger partial charge < -0.3 is 14.8 Å². The summed E-state index contributed by atoms with van der Waals surface area (Å²) in [5, 5.41) is 21.6. The molecule has 0 aromatic heterocycles. The standard InChI is InChI=1S/C22H21F2N3O.C2H3F3.CH2O/c1-15-5-8-18(9-6-15)16(2)27-21(3,13-26)14-28-20-11-17(12-25)7-10-19(20)22(4,23)24;1-2(3,4)5;1-2/h5-11,27H,2,14H2,1,3-4H3;1H3;1H2. The van der Waals surface area contributed by atoms with Gasteiger partial charge in [0.15, 0.2) is 5.54 Å². The molecule has 0 spiro atoms. The molecule has 10 heteroatoms. The van der Waals surface area contributed by atoms with Crippen molar-refractivity contribution in [1.29, 1.82) is 10.5 Å². The van der Waals surface area contributed by atoms with Crippen LogP contribution in [0.5, 0.6) is 5.75 Å². The fourth-order valence-corrected chi connectivity index (χ4v) is 2.55. The predicted octanol–water partition coefficient (Wildman–Crippen LogP) is 6.28. The van der Waals surface area contributed by atoms with Gasteiger partial charge in [0.05, 0.1) is 23.3 Å². The molecule has 0 aliphatic rings. The molecule has 0 saturated heterocycles. The van der Waals surface area contributed by atoms with Gasteiger partial charge in [-0.2, -0.15) is 23.7 Å². The van der Waals surface area contributed by atoms with E-state index < -0.39 is 17.6 Å². The Hall–Kier alpha value is -3.92. The maximum atomic E-state index is 13.9. The summed E-state index contributed by atoms with van der Waals surface area (Å²) in [5.74, 6) is -3.28. The van der Waals surface area contributed by atoms with Crippen LogP contribution in [0, 0.1) is 29.6 Å². The first-order valence-electron chi connectivity index (χ1n) is 9.94. The zero-order chi connectivity index (χ0) is 27.4. The van der Waals surface area contributed by atoms with Crippen LogP contribution in [-0.2, 0) is 10.7 Å². The number of benzene rings is 2. The van der Waals surface area contributed by atoms with Gasteiger partial charge in [0, 0.05) is 19.5 Å². The molecule has 0 radical (unpaired) electrons. The number of nitriles is 2. The van der Waals surface area contributed by atoms with Gasteiger partial charge in [-0.25, -0.2) is 8.78 Å². The molecule has 2 aromatic rings. The third-order valence-electron chi connectivity index (χ3n) is 4.17. The minimum absolute atomic E-state index is 0.129. The van der Waals surface area contributed by atoms with Gasteiger partial charge in [-0.1, -0.05) is 36.4 Å². The van der Waals surface area contributed by atoms with Crippen molar-refractivity contribution in [3.8, 4) is 17.9 Å². The first-order valence-corrected chi connectivity index (χ1v) is 9.94. The smallest absolute Gasteiger partial charge is 0.386 e. The third-order valence-corrected chi connectivity index (χ3v) is 4.17. The summed E-state index contributed by atoms with van der Waals surface area (Å²) < 4.78 is 64.3. The number of carbonyl (C=O) groups is 1. The molecule has 0 saturated carbocycles. The van der Waals surface area contributed by atoms with Crippen LogP contribution < -0.4 is 10.1 Å². The van der Waals surface area contributed by atoms with Crippen LogP contribution >= 0.6 is 0 Å². The highest BCUT2D eigenvalue weighted by Gasteiger charge is 2.31. The molecule has 2 rings (SSSR count). The molecular formula is C25H26F5N3O2. The van der Waals surface area contributed by atoms with Crippen LogP contribution in [-0.4, -0.2) is 25.1 Å². The van der Waals surface area contributed by atoms with E-state index in [1.165, 1.54) is 12.1 Å². The Morgan fingerprint density at radius 1 is 1.00 bits per heavy atom. The Morgan fingerprint density at radius 2 is 1.51 bits per heavy atom. The zero-order valence-electron chi connectivity index (χ0n) is 19.8. The first-order chi connectivity index (χ1) is 16.1. The number of ether oxygens (including phenoxy) is 1. The van der Waals surface area contributed by atoms with Gasteiger partial charge in [0.2, 0.25) is 0 Å². The number of rotatable bonds is 7. The number of carbonyl (C=O) groups excluding carboxylic acids is 1. The van der Waals surface area contributed by atoms with E-state index in [-0.39, 0.29) is 30.4 Å². The molecule has 2 aromatic carbocycles. The third kappa shape index (κ3) is 11.7. The van der Waals surface area contributed by atoms with Gasteiger partial charge >= 0.3 is 6.18 Å². The van der Waals surface area contributed by atoms with Crippen molar-refractivity contribution < 1.29 is 31.5 Å². The molecular weight excluding hydrogens is 469 g/mol. The van der Waals surface area contributed by atoms with Crippen molar-refractivity contribution in [2.75, 3.05) is 6.61 Å². The Bertz CT molecular complexity index is 1060. The number of hydrogen-bond donors (Lipinski definition) is 1. The second-order valence-corrected chi connectivity index (χ2v) is 7.69. The van der Waals surface area contributed by atoms with E-state index in [1.807, 2.05) is 44.0 Å². The maximum Gasteiger partial charge on any atom is 0.386 e. The average Bonchev–Trinajstić information content (AvgIpc) is 2.77. The van der Waals surface area contributed by atoms with Crippen LogP contribution in [0.1, 0.15) is 43.0 Å². The monoisotopic (exact) mass is 495 g/mol. The molecule has 0 bridgehead atoms. The molecule has 35 heavy (non-hydrogen) atoms. The lowest BCUT2D eigenvalue weighted by Crippen LogP contribution is -2.45. The fourth-order valence-electron chi connectivity index (χ4n) is 2.55. The SMILES string of the molecule is C=C(NC(C)(C#N)COc1cc(C#N)ccc1C(C)(F)F)c1ccc(C)cc1.C=O.CC(F)(F)F. The second kappa shape index (κ2) is 13.1. The van der Waals surface area contributed by atoms with Crippen molar-refractivity contribution >= 4 is 12.5 Å². The quantitative estimate of drug-likeness (QED) is 0.457. The Kier molecular flexibility index (Phi) is 11.6. The molecule has 0 aliphatic carbocycles. The normalized spacial score (nSPS) is 12.2. The number of aryl methyl sites for hydroxylation is 1. The summed E-state index contributed by atoms with van der Waals surface area (Å²) in [6.07, 6.45) is -4.00. The van der Waals surface area contributed by atoms with Crippen molar-refractivity contribution in [3.05, 3.63) is 71.3 Å². The highest BCUT2D eigenvalue weighted by Crippen LogP contribution is 2.35. The molecule has 0 amide bonds. The van der Waals surface area contributed by atoms with Gasteiger partial charge in [0.25, 0.3) is 5.92 Å². The lowest BCUT2D eigenvalue weighted by molar-refractivity contribution is -0.110. The second-order valence-electron chi connectivity index (χ2n) is 7.69. The van der Waals surface area contributed by atoms with Crippen LogP contribution in [0.25, 0.3) is 5.70 Å². The van der Waals surface area contributed by atoms with Gasteiger partial charge in [-0.3, -0.25) is 0 Å². The van der Waals surface area contributed by atoms with Crippen molar-refractivity contribution in [2.45, 2.75) is 45.3 Å². The molecule has 5 nitrogen and oxygen atoms in total. The summed E-state index contributed by atoms with van der Waals surface area (Å²) in [5.41, 5.74) is 1.04. The average molecular weight is 495 g/mol. The van der Waals surface area contributed by atoms with E-state index in [2.05, 4.69) is 18.0 Å². The van der Waals surface area contributed by atoms with E-state index in [9.17, 15) is 27.2 Å². The van der Waals surface area contributed by atoms with Gasteiger partial charge in [-0.15, -0.1) is 0 Å². The van der Waals surface area contributed by atoms with Crippen molar-refractivity contribution in [2.24, 2.45) is 0 Å². The van der Waals surface area contributed by atoms with E-state index >= 15 is 0 Å². The summed E-state index contributed by atoms with van der Waals surface area (Å²) in [6.45, 7) is 10.2. The van der Waals surface area contributed by atoms with Crippen LogP contribution in [0.4, 0.5) is 22.0 Å². The minimum atomic E-state index is -4.00. The minimum Gasteiger partial charge on any atom is -0.489 e. The molecule has 1 unspecified atom stereocenters. The Labute approximate surface area is 201 Å². The number of halogens is 5. The summed E-state index contributed by atoms with van der Waals surface area (Å²) in [4.78, 5) is 8.00. The van der Waals surface area contributed by atoms with E-state index in [1.54, 1.807) is 6.92 Å². The van der Waals surface area contributed by atoms with E-state index in [4.69, 9.17) is 14.8 Å². The highest BCUT2D eigenvalue weighted by molar-refractivity contribution is 5.63. The van der Waals surface area contributed by atoms with Crippen LogP contribution in [0.15, 0.2) is 49.0 Å². The number of nitrogens with one attached hydrogen (secondary N) is 1. The number of hydrogen-bond acceptors (Lipinski definition) is 5. The highest BCUT2D eigenvalue weighted by atomic mass is 19.4. The van der Waals surface area contributed by atoms with Gasteiger partial charge in [0.1, 0.15) is 19.1 Å². The molecule has 0 fully saturated rings. The van der Waals surface area contributed by atoms with E-state index in [0.29, 0.717) is 5.70 Å². The largest absolute Gasteiger partial charge is 0.489 e.